The fourth-order valence-corrected chi connectivity index (χ4v) is 14.0. The van der Waals surface area contributed by atoms with E-state index in [1.54, 1.807) is 70.1 Å². The lowest BCUT2D eigenvalue weighted by Crippen LogP contribution is -2.54. The quantitative estimate of drug-likeness (QED) is 0.105. The molecule has 0 aromatic heterocycles. The van der Waals surface area contributed by atoms with E-state index in [1.807, 2.05) is 109 Å². The highest BCUT2D eigenvalue weighted by Crippen LogP contribution is 2.56. The molecule has 8 aromatic rings. The Morgan fingerprint density at radius 1 is 0.400 bits per heavy atom. The van der Waals surface area contributed by atoms with Gasteiger partial charge in [0.15, 0.2) is 0 Å². The maximum absolute atomic E-state index is 14.3. The van der Waals surface area contributed by atoms with Crippen LogP contribution >= 0.6 is 53.4 Å². The van der Waals surface area contributed by atoms with E-state index in [2.05, 4.69) is 113 Å². The summed E-state index contributed by atoms with van der Waals surface area (Å²) in [7, 11) is -5.22. The van der Waals surface area contributed by atoms with Crippen LogP contribution in [-0.4, -0.2) is 28.5 Å². The molecule has 2 saturated heterocycles. The third kappa shape index (κ3) is 9.69. The number of anilines is 2. The Bertz CT molecular complexity index is 3240. The van der Waals surface area contributed by atoms with Gasteiger partial charge in [-0.3, -0.25) is 0 Å². The lowest BCUT2D eigenvalue weighted by atomic mass is 9.77. The Balaban J connectivity index is 1.07. The number of amidine groups is 2. The SMILES string of the molecule is Cc1ccc(C2C(c3ccccc3)/C(=N/S(=O)(=O)c3ccc(Br)cc3)N2c2ccccc2SSc2ccccc2N2/C(=N\S(=O)(=O)c3ccc(Br)cc3)C(c3ccccc3)C2c2ccc(C)cc2)cc1. The lowest BCUT2D eigenvalue weighted by molar-refractivity contribution is 0.563. The molecule has 70 heavy (non-hydrogen) atoms. The molecule has 4 atom stereocenters. The molecule has 0 radical (unpaired) electrons. The summed E-state index contributed by atoms with van der Waals surface area (Å²) in [6.45, 7) is 4.10. The predicted octanol–water partition coefficient (Wildman–Crippen LogP) is 14.9. The Morgan fingerprint density at radius 3 is 1.09 bits per heavy atom. The molecule has 0 aliphatic carbocycles. The summed E-state index contributed by atoms with van der Waals surface area (Å²) in [5, 5.41) is 0. The predicted molar refractivity (Wildman–Crippen MR) is 293 cm³/mol. The van der Waals surface area contributed by atoms with Crippen molar-refractivity contribution in [3.63, 3.8) is 0 Å². The number of para-hydroxylation sites is 2. The van der Waals surface area contributed by atoms with Crippen LogP contribution in [0.15, 0.2) is 244 Å². The summed E-state index contributed by atoms with van der Waals surface area (Å²) in [5.74, 6) is 0.0724. The summed E-state index contributed by atoms with van der Waals surface area (Å²) in [4.78, 5) is 6.09. The first kappa shape index (κ1) is 47.9. The van der Waals surface area contributed by atoms with Gasteiger partial charge >= 0.3 is 0 Å². The number of sulfonamides is 2. The van der Waals surface area contributed by atoms with Gasteiger partial charge < -0.3 is 9.80 Å². The molecule has 8 nitrogen and oxygen atoms in total. The van der Waals surface area contributed by atoms with Crippen LogP contribution in [0.5, 0.6) is 0 Å². The van der Waals surface area contributed by atoms with E-state index < -0.39 is 20.0 Å². The topological polar surface area (TPSA) is 99.5 Å². The second-order valence-corrected chi connectivity index (χ2v) is 24.3. The van der Waals surface area contributed by atoms with E-state index in [0.29, 0.717) is 11.7 Å². The fraction of sp³-hybridized carbons (Fsp3) is 0.107. The third-order valence-corrected chi connectivity index (χ3v) is 18.6. The van der Waals surface area contributed by atoms with E-state index in [4.69, 9.17) is 0 Å². The molecule has 10 rings (SSSR count). The first-order chi connectivity index (χ1) is 33.9. The summed E-state index contributed by atoms with van der Waals surface area (Å²) in [6.07, 6.45) is 0. The van der Waals surface area contributed by atoms with Crippen LogP contribution < -0.4 is 9.80 Å². The highest BCUT2D eigenvalue weighted by Gasteiger charge is 2.51. The van der Waals surface area contributed by atoms with E-state index >= 15 is 0 Å². The average Bonchev–Trinajstić information content (AvgIpc) is 3.36. The average molecular weight is 1130 g/mol. The van der Waals surface area contributed by atoms with E-state index in [9.17, 15) is 16.8 Å². The van der Waals surface area contributed by atoms with Gasteiger partial charge in [-0.15, -0.1) is 8.80 Å². The first-order valence-electron chi connectivity index (χ1n) is 22.4. The van der Waals surface area contributed by atoms with Gasteiger partial charge in [-0.2, -0.15) is 16.8 Å². The lowest BCUT2D eigenvalue weighted by Gasteiger charge is -2.51. The maximum Gasteiger partial charge on any atom is 0.283 e. The summed E-state index contributed by atoms with van der Waals surface area (Å²) in [6, 6.07) is 65.2. The zero-order valence-corrected chi connectivity index (χ0v) is 44.2. The van der Waals surface area contributed by atoms with Crippen LogP contribution in [0.25, 0.3) is 0 Å². The highest BCUT2D eigenvalue weighted by molar-refractivity contribution is 9.10. The smallest absolute Gasteiger partial charge is 0.283 e. The minimum atomic E-state index is -4.15. The number of benzene rings is 8. The molecule has 350 valence electrons. The first-order valence-corrected chi connectivity index (χ1v) is 29.0. The van der Waals surface area contributed by atoms with Crippen LogP contribution in [0.4, 0.5) is 11.4 Å². The van der Waals surface area contributed by atoms with Gasteiger partial charge in [0, 0.05) is 18.7 Å². The van der Waals surface area contributed by atoms with Crippen molar-refractivity contribution in [2.24, 2.45) is 8.80 Å². The van der Waals surface area contributed by atoms with Gasteiger partial charge in [-0.1, -0.05) is 198 Å². The van der Waals surface area contributed by atoms with Gasteiger partial charge in [-0.05, 0) is 109 Å². The third-order valence-electron chi connectivity index (χ3n) is 12.5. The standard InChI is InChI=1S/C56H44Br2N4O4S4/c1-37-21-25-41(26-22-37)53-51(39-13-5-3-6-14-39)55(59-69(63,64)45-33-29-43(57)30-34-45)61(53)47-17-9-11-19-49(47)67-68-50-20-12-10-18-48(50)62-54(42-27-23-38(2)24-28-42)52(40-15-7-4-8-16-40)56(62)60-70(65,66)46-35-31-44(58)32-36-46/h3-36,51-54H,1-2H3/b59-55-,60-56-. The van der Waals surface area contributed by atoms with Gasteiger partial charge in [-0.25, -0.2) is 0 Å². The molecule has 0 N–H and O–H groups in total. The van der Waals surface area contributed by atoms with Gasteiger partial charge in [0.2, 0.25) is 0 Å². The van der Waals surface area contributed by atoms with Crippen molar-refractivity contribution >= 4 is 96.5 Å². The van der Waals surface area contributed by atoms with Gasteiger partial charge in [0.05, 0.1) is 45.1 Å². The van der Waals surface area contributed by atoms with Crippen molar-refractivity contribution in [1.82, 2.24) is 0 Å². The molecule has 2 aliphatic rings. The minimum Gasteiger partial charge on any atom is -0.319 e. The number of aryl methyl sites for hydroxylation is 2. The van der Waals surface area contributed by atoms with E-state index in [-0.39, 0.29) is 33.7 Å². The van der Waals surface area contributed by atoms with Crippen molar-refractivity contribution in [2.45, 2.75) is 57.3 Å². The fourth-order valence-electron chi connectivity index (χ4n) is 9.05. The highest BCUT2D eigenvalue weighted by atomic mass is 79.9. The zero-order chi connectivity index (χ0) is 48.6. The zero-order valence-electron chi connectivity index (χ0n) is 37.8. The van der Waals surface area contributed by atoms with Gasteiger partial charge in [0.25, 0.3) is 20.0 Å². The second kappa shape index (κ2) is 20.2. The van der Waals surface area contributed by atoms with Crippen molar-refractivity contribution < 1.29 is 16.8 Å². The monoisotopic (exact) mass is 1120 g/mol. The number of hydrogen-bond acceptors (Lipinski definition) is 6. The number of halogens is 2. The Labute approximate surface area is 434 Å². The van der Waals surface area contributed by atoms with Crippen LogP contribution in [-0.2, 0) is 20.0 Å². The molecular weight excluding hydrogens is 1080 g/mol. The van der Waals surface area contributed by atoms with Crippen LogP contribution in [0, 0.1) is 13.8 Å². The number of rotatable bonds is 13. The second-order valence-electron chi connectivity index (χ2n) is 17.1. The van der Waals surface area contributed by atoms with Crippen molar-refractivity contribution in [2.75, 3.05) is 9.80 Å². The Morgan fingerprint density at radius 2 is 0.729 bits per heavy atom. The molecule has 2 heterocycles. The van der Waals surface area contributed by atoms with Crippen LogP contribution in [0.3, 0.4) is 0 Å². The molecule has 0 saturated carbocycles. The Kier molecular flexibility index (Phi) is 13.8. The molecule has 8 aromatic carbocycles. The molecule has 0 amide bonds. The normalized spacial score (nSPS) is 19.2. The molecule has 4 unspecified atom stereocenters. The summed E-state index contributed by atoms with van der Waals surface area (Å²) >= 11 is 6.88. The molecule has 0 spiro atoms. The molecule has 14 heteroatoms. The summed E-state index contributed by atoms with van der Waals surface area (Å²) < 4.78 is 68.1. The number of nitrogens with zero attached hydrogens (tertiary/aromatic N) is 4. The molecule has 2 fully saturated rings. The van der Waals surface area contributed by atoms with Crippen molar-refractivity contribution in [3.05, 3.63) is 249 Å². The molecule has 0 bridgehead atoms. The van der Waals surface area contributed by atoms with Crippen LogP contribution in [0.2, 0.25) is 0 Å². The number of hydrogen-bond donors (Lipinski definition) is 0. The molecular formula is C56H44Br2N4O4S4. The van der Waals surface area contributed by atoms with E-state index in [1.165, 1.54) is 0 Å². The largest absolute Gasteiger partial charge is 0.319 e. The molecule has 2 aliphatic heterocycles. The van der Waals surface area contributed by atoms with E-state index in [0.717, 1.165) is 63.5 Å². The van der Waals surface area contributed by atoms with Gasteiger partial charge in [0.1, 0.15) is 11.7 Å². The van der Waals surface area contributed by atoms with Crippen molar-refractivity contribution in [1.29, 1.82) is 0 Å². The summed E-state index contributed by atoms with van der Waals surface area (Å²) in [5.41, 5.74) is 7.78. The Hall–Kier alpha value is -5.74. The van der Waals surface area contributed by atoms with Crippen molar-refractivity contribution in [3.8, 4) is 0 Å². The van der Waals surface area contributed by atoms with Crippen LogP contribution in [0.1, 0.15) is 57.3 Å². The minimum absolute atomic E-state index is 0.0977. The maximum atomic E-state index is 14.3.